The van der Waals surface area contributed by atoms with E-state index >= 15 is 0 Å². The van der Waals surface area contributed by atoms with E-state index in [1.54, 1.807) is 7.05 Å². The van der Waals surface area contributed by atoms with Gasteiger partial charge < -0.3 is 14.8 Å². The number of rotatable bonds is 6. The molecule has 4 nitrogen and oxygen atoms in total. The van der Waals surface area contributed by atoms with Crippen LogP contribution in [0.3, 0.4) is 0 Å². The molecule has 2 aliphatic rings. The first kappa shape index (κ1) is 21.7. The van der Waals surface area contributed by atoms with Crippen LogP contribution in [0.25, 0.3) is 0 Å². The van der Waals surface area contributed by atoms with Gasteiger partial charge in [-0.05, 0) is 55.9 Å². The zero-order valence-corrected chi connectivity index (χ0v) is 19.3. The molecule has 1 amide bonds. The summed E-state index contributed by atoms with van der Waals surface area (Å²) in [5.74, 6) is 1.99. The number of para-hydroxylation sites is 2. The molecular formula is C29H31NO3. The summed E-state index contributed by atoms with van der Waals surface area (Å²) in [6.07, 6.45) is 3.89. The molecule has 1 fully saturated rings. The number of amides is 1. The quantitative estimate of drug-likeness (QED) is 0.531. The topological polar surface area (TPSA) is 47.6 Å². The van der Waals surface area contributed by atoms with Gasteiger partial charge in [0, 0.05) is 24.1 Å². The minimum Gasteiger partial charge on any atom is -0.457 e. The maximum absolute atomic E-state index is 13.6. The molecule has 2 atom stereocenters. The number of ether oxygens (including phenoxy) is 2. The van der Waals surface area contributed by atoms with Crippen LogP contribution in [-0.4, -0.2) is 25.7 Å². The van der Waals surface area contributed by atoms with Crippen LogP contribution in [0.1, 0.15) is 54.4 Å². The molecule has 2 heterocycles. The molecule has 3 aromatic carbocycles. The van der Waals surface area contributed by atoms with E-state index in [0.29, 0.717) is 18.4 Å². The summed E-state index contributed by atoms with van der Waals surface area (Å²) in [5, 5.41) is 2.96. The fraction of sp³-hybridized carbons (Fsp3) is 0.345. The number of aryl methyl sites for hydroxylation is 1. The fourth-order valence-electron chi connectivity index (χ4n) is 5.66. The highest BCUT2D eigenvalue weighted by Crippen LogP contribution is 2.50. The molecule has 5 rings (SSSR count). The first-order valence-corrected chi connectivity index (χ1v) is 11.9. The Balaban J connectivity index is 1.48. The predicted octanol–water partition coefficient (Wildman–Crippen LogP) is 5.74. The van der Waals surface area contributed by atoms with Crippen molar-refractivity contribution < 1.29 is 14.3 Å². The van der Waals surface area contributed by atoms with Gasteiger partial charge in [-0.3, -0.25) is 4.79 Å². The van der Waals surface area contributed by atoms with Crippen LogP contribution >= 0.6 is 0 Å². The standard InChI is InChI=1S/C29H31NO3/c1-20-18-22(19-32-20)23-12-4-3-10-21(23)11-9-17-29(28(31)30-2)24-13-5-7-15-26(24)33-27-16-8-6-14-25(27)29/h3-8,10,12-16,20,22H,9,11,17-19H2,1-2H3,(H,30,31). The van der Waals surface area contributed by atoms with Crippen LogP contribution in [0.15, 0.2) is 72.8 Å². The monoisotopic (exact) mass is 441 g/mol. The predicted molar refractivity (Wildman–Crippen MR) is 130 cm³/mol. The highest BCUT2D eigenvalue weighted by molar-refractivity contribution is 5.94. The van der Waals surface area contributed by atoms with Gasteiger partial charge in [0.25, 0.3) is 0 Å². The Bertz CT molecular complexity index is 1110. The molecule has 2 aliphatic heterocycles. The molecule has 0 saturated carbocycles. The van der Waals surface area contributed by atoms with Crippen LogP contribution in [0.4, 0.5) is 0 Å². The number of likely N-dealkylation sites (N-methyl/N-ethyl adjacent to an activating group) is 1. The Morgan fingerprint density at radius 3 is 2.24 bits per heavy atom. The third-order valence-electron chi connectivity index (χ3n) is 7.22. The molecule has 0 aromatic heterocycles. The minimum atomic E-state index is -0.778. The van der Waals surface area contributed by atoms with Crippen LogP contribution in [0, 0.1) is 0 Å². The average Bonchev–Trinajstić information content (AvgIpc) is 3.29. The lowest BCUT2D eigenvalue weighted by molar-refractivity contribution is -0.125. The van der Waals surface area contributed by atoms with E-state index in [1.165, 1.54) is 11.1 Å². The molecule has 0 radical (unpaired) electrons. The van der Waals surface area contributed by atoms with Crippen molar-refractivity contribution in [1.82, 2.24) is 5.32 Å². The van der Waals surface area contributed by atoms with Gasteiger partial charge in [-0.2, -0.15) is 0 Å². The van der Waals surface area contributed by atoms with Crippen molar-refractivity contribution in [3.8, 4) is 11.5 Å². The summed E-state index contributed by atoms with van der Waals surface area (Å²) in [4.78, 5) is 13.6. The van der Waals surface area contributed by atoms with E-state index < -0.39 is 5.41 Å². The van der Waals surface area contributed by atoms with Crippen LogP contribution in [0.2, 0.25) is 0 Å². The van der Waals surface area contributed by atoms with Crippen LogP contribution in [-0.2, 0) is 21.4 Å². The van der Waals surface area contributed by atoms with E-state index in [0.717, 1.165) is 48.5 Å². The van der Waals surface area contributed by atoms with Crippen molar-refractivity contribution in [2.24, 2.45) is 0 Å². The van der Waals surface area contributed by atoms with Crippen molar-refractivity contribution in [1.29, 1.82) is 0 Å². The second-order valence-corrected chi connectivity index (χ2v) is 9.21. The molecular weight excluding hydrogens is 410 g/mol. The number of nitrogens with one attached hydrogen (secondary N) is 1. The molecule has 0 spiro atoms. The third kappa shape index (κ3) is 3.83. The molecule has 0 bridgehead atoms. The van der Waals surface area contributed by atoms with Gasteiger partial charge in [0.15, 0.2) is 0 Å². The van der Waals surface area contributed by atoms with Gasteiger partial charge in [0.05, 0.1) is 12.7 Å². The van der Waals surface area contributed by atoms with E-state index in [-0.39, 0.29) is 5.91 Å². The summed E-state index contributed by atoms with van der Waals surface area (Å²) in [5.41, 5.74) is 3.85. The summed E-state index contributed by atoms with van der Waals surface area (Å²) >= 11 is 0. The van der Waals surface area contributed by atoms with Gasteiger partial charge in [-0.25, -0.2) is 0 Å². The van der Waals surface area contributed by atoms with Crippen molar-refractivity contribution in [2.75, 3.05) is 13.7 Å². The van der Waals surface area contributed by atoms with E-state index in [9.17, 15) is 4.79 Å². The molecule has 3 aromatic rings. The molecule has 170 valence electrons. The number of benzene rings is 3. The average molecular weight is 442 g/mol. The molecule has 4 heteroatoms. The maximum Gasteiger partial charge on any atom is 0.235 e. The highest BCUT2D eigenvalue weighted by atomic mass is 16.5. The highest BCUT2D eigenvalue weighted by Gasteiger charge is 2.47. The normalized spacial score (nSPS) is 20.4. The summed E-state index contributed by atoms with van der Waals surface area (Å²) in [7, 11) is 1.72. The van der Waals surface area contributed by atoms with Gasteiger partial charge >= 0.3 is 0 Å². The Morgan fingerprint density at radius 1 is 0.970 bits per heavy atom. The first-order valence-electron chi connectivity index (χ1n) is 11.9. The van der Waals surface area contributed by atoms with Crippen molar-refractivity contribution in [2.45, 2.75) is 50.0 Å². The van der Waals surface area contributed by atoms with E-state index in [2.05, 4.69) is 36.5 Å². The SMILES string of the molecule is CNC(=O)C1(CCCc2ccccc2C2COC(C)C2)c2ccccc2Oc2ccccc21. The number of hydrogen-bond donors (Lipinski definition) is 1. The van der Waals surface area contributed by atoms with Crippen molar-refractivity contribution in [3.63, 3.8) is 0 Å². The van der Waals surface area contributed by atoms with Gasteiger partial charge in [0.1, 0.15) is 16.9 Å². The minimum absolute atomic E-state index is 0.0111. The lowest BCUT2D eigenvalue weighted by atomic mass is 9.68. The lowest BCUT2D eigenvalue weighted by Gasteiger charge is -2.39. The number of hydrogen-bond acceptors (Lipinski definition) is 3. The first-order chi connectivity index (χ1) is 16.1. The molecule has 1 N–H and O–H groups in total. The smallest absolute Gasteiger partial charge is 0.235 e. The molecule has 1 saturated heterocycles. The second-order valence-electron chi connectivity index (χ2n) is 9.21. The number of carbonyl (C=O) groups is 1. The Morgan fingerprint density at radius 2 is 1.61 bits per heavy atom. The zero-order valence-electron chi connectivity index (χ0n) is 19.3. The summed E-state index contributed by atoms with van der Waals surface area (Å²) in [6.45, 7) is 2.94. The van der Waals surface area contributed by atoms with E-state index in [1.807, 2.05) is 48.5 Å². The Labute approximate surface area is 195 Å². The third-order valence-corrected chi connectivity index (χ3v) is 7.22. The lowest BCUT2D eigenvalue weighted by Crippen LogP contribution is -2.45. The summed E-state index contributed by atoms with van der Waals surface area (Å²) < 4.78 is 12.0. The largest absolute Gasteiger partial charge is 0.457 e. The Kier molecular flexibility index (Phi) is 5.94. The molecule has 2 unspecified atom stereocenters. The van der Waals surface area contributed by atoms with Gasteiger partial charge in [-0.1, -0.05) is 60.7 Å². The molecule has 33 heavy (non-hydrogen) atoms. The Hall–Kier alpha value is -3.11. The van der Waals surface area contributed by atoms with Crippen molar-refractivity contribution in [3.05, 3.63) is 95.1 Å². The molecule has 0 aliphatic carbocycles. The fourth-order valence-corrected chi connectivity index (χ4v) is 5.66. The van der Waals surface area contributed by atoms with Crippen molar-refractivity contribution >= 4 is 5.91 Å². The number of carbonyl (C=O) groups excluding carboxylic acids is 1. The van der Waals surface area contributed by atoms with E-state index in [4.69, 9.17) is 9.47 Å². The zero-order chi connectivity index (χ0) is 22.8. The van der Waals surface area contributed by atoms with Gasteiger partial charge in [-0.15, -0.1) is 0 Å². The van der Waals surface area contributed by atoms with Gasteiger partial charge in [0.2, 0.25) is 5.91 Å². The maximum atomic E-state index is 13.6. The second kappa shape index (κ2) is 9.03. The van der Waals surface area contributed by atoms with Crippen LogP contribution < -0.4 is 10.1 Å². The van der Waals surface area contributed by atoms with Crippen LogP contribution in [0.5, 0.6) is 11.5 Å². The number of fused-ring (bicyclic) bond motifs is 2. The summed E-state index contributed by atoms with van der Waals surface area (Å²) in [6, 6.07) is 24.6.